The molecule has 2 aromatic rings. The van der Waals surface area contributed by atoms with Gasteiger partial charge in [-0.3, -0.25) is 14.5 Å². The summed E-state index contributed by atoms with van der Waals surface area (Å²) in [5.41, 5.74) is 0.556. The van der Waals surface area contributed by atoms with Crippen LogP contribution in [0.2, 0.25) is 0 Å². The first-order valence-corrected chi connectivity index (χ1v) is 14.4. The molecule has 35 heavy (non-hydrogen) atoms. The van der Waals surface area contributed by atoms with E-state index >= 15 is 0 Å². The molecule has 1 aliphatic heterocycles. The normalized spacial score (nSPS) is 20.3. The number of nitrogens with zero attached hydrogens (tertiary/aromatic N) is 2. The van der Waals surface area contributed by atoms with Gasteiger partial charge in [-0.25, -0.2) is 0 Å². The van der Waals surface area contributed by atoms with Crippen LogP contribution in [0.1, 0.15) is 38.5 Å². The Bertz CT molecular complexity index is 1230. The minimum absolute atomic E-state index is 0.0454. The number of carbonyl (C=O) groups excluding carboxylic acids is 2. The van der Waals surface area contributed by atoms with Gasteiger partial charge in [-0.15, -0.1) is 4.40 Å². The minimum Gasteiger partial charge on any atom is -0.497 e. The van der Waals surface area contributed by atoms with Gasteiger partial charge < -0.3 is 10.1 Å². The number of amides is 2. The third kappa shape index (κ3) is 6.25. The summed E-state index contributed by atoms with van der Waals surface area (Å²) in [6.45, 7) is 0. The number of nitrogens with one attached hydrogen (secondary N) is 1. The van der Waals surface area contributed by atoms with Crippen molar-refractivity contribution in [3.05, 3.63) is 53.0 Å². The molecular weight excluding hydrogens is 554 g/mol. The van der Waals surface area contributed by atoms with E-state index < -0.39 is 15.3 Å². The number of methoxy groups -OCH3 is 1. The van der Waals surface area contributed by atoms with Crippen LogP contribution in [0.3, 0.4) is 0 Å². The number of halogens is 1. The van der Waals surface area contributed by atoms with Crippen LogP contribution in [0.4, 0.5) is 5.69 Å². The Morgan fingerprint density at radius 3 is 2.57 bits per heavy atom. The van der Waals surface area contributed by atoms with Crippen LogP contribution in [0.25, 0.3) is 0 Å². The average molecular weight is 581 g/mol. The van der Waals surface area contributed by atoms with Gasteiger partial charge in [0, 0.05) is 28.7 Å². The molecule has 1 N–H and O–H groups in total. The van der Waals surface area contributed by atoms with Gasteiger partial charge in [0.05, 0.1) is 12.0 Å². The molecule has 0 aromatic heterocycles. The molecule has 1 atom stereocenters. The molecule has 2 amide bonds. The van der Waals surface area contributed by atoms with E-state index in [0.29, 0.717) is 11.4 Å². The Balaban J connectivity index is 1.56. The van der Waals surface area contributed by atoms with Crippen LogP contribution in [-0.4, -0.2) is 48.7 Å². The van der Waals surface area contributed by atoms with E-state index in [2.05, 4.69) is 25.6 Å². The molecular formula is C24H26BrN3O5S2. The van der Waals surface area contributed by atoms with E-state index in [1.54, 1.807) is 36.4 Å². The number of carbonyl (C=O) groups is 2. The lowest BCUT2D eigenvalue weighted by Gasteiger charge is -2.30. The SMILES string of the molecule is COc1cccc(NC(=O)C[C@@H]2SC(=NS(=O)(=O)c3ccc(Br)cc3)N(C3CCCCC3)C2=O)c1. The zero-order valence-corrected chi connectivity index (χ0v) is 22.4. The smallest absolute Gasteiger partial charge is 0.284 e. The summed E-state index contributed by atoms with van der Waals surface area (Å²) in [5.74, 6) is -0.0117. The van der Waals surface area contributed by atoms with Crippen molar-refractivity contribution in [2.75, 3.05) is 12.4 Å². The van der Waals surface area contributed by atoms with Crippen LogP contribution >= 0.6 is 27.7 Å². The Labute approximate surface area is 217 Å². The zero-order valence-electron chi connectivity index (χ0n) is 19.1. The maximum Gasteiger partial charge on any atom is 0.284 e. The van der Waals surface area contributed by atoms with Gasteiger partial charge >= 0.3 is 0 Å². The van der Waals surface area contributed by atoms with Crippen LogP contribution in [0.5, 0.6) is 5.75 Å². The molecule has 1 saturated heterocycles. The molecule has 1 saturated carbocycles. The molecule has 0 radical (unpaired) electrons. The standard InChI is InChI=1S/C24H26BrN3O5S2/c1-33-19-9-5-6-17(14-19)26-22(29)15-21-23(30)28(18-7-3-2-4-8-18)24(34-21)27-35(31,32)20-12-10-16(25)11-13-20/h5-6,9-14,18,21H,2-4,7-8,15H2,1H3,(H,26,29)/t21-/m0/s1. The lowest BCUT2D eigenvalue weighted by atomic mass is 9.94. The number of hydrogen-bond donors (Lipinski definition) is 1. The van der Waals surface area contributed by atoms with Crippen molar-refractivity contribution in [1.29, 1.82) is 0 Å². The summed E-state index contributed by atoms with van der Waals surface area (Å²) in [7, 11) is -2.49. The van der Waals surface area contributed by atoms with Crippen molar-refractivity contribution < 1.29 is 22.7 Å². The fourth-order valence-corrected chi connectivity index (χ4v) is 6.86. The lowest BCUT2D eigenvalue weighted by molar-refractivity contribution is -0.130. The average Bonchev–Trinajstić information content (AvgIpc) is 3.13. The molecule has 4 rings (SSSR count). The number of sulfonamides is 1. The molecule has 2 aromatic carbocycles. The quantitative estimate of drug-likeness (QED) is 0.504. The number of hydrogen-bond acceptors (Lipinski definition) is 6. The van der Waals surface area contributed by atoms with E-state index in [-0.39, 0.29) is 34.3 Å². The number of rotatable bonds is 7. The second kappa shape index (κ2) is 11.1. The maximum atomic E-state index is 13.4. The summed E-state index contributed by atoms with van der Waals surface area (Å²) in [6.07, 6.45) is 4.49. The first kappa shape index (κ1) is 25.7. The predicted molar refractivity (Wildman–Crippen MR) is 140 cm³/mol. The first-order chi connectivity index (χ1) is 16.8. The van der Waals surface area contributed by atoms with E-state index in [0.717, 1.165) is 48.3 Å². The Hall–Kier alpha value is -2.37. The van der Waals surface area contributed by atoms with E-state index in [1.807, 2.05) is 0 Å². The van der Waals surface area contributed by atoms with Crippen molar-refractivity contribution in [3.8, 4) is 5.75 Å². The first-order valence-electron chi connectivity index (χ1n) is 11.3. The number of ether oxygens (including phenoxy) is 1. The van der Waals surface area contributed by atoms with Gasteiger partial charge in [-0.1, -0.05) is 53.0 Å². The molecule has 0 bridgehead atoms. The van der Waals surface area contributed by atoms with Crippen LogP contribution in [0, 0.1) is 0 Å². The highest BCUT2D eigenvalue weighted by atomic mass is 79.9. The largest absolute Gasteiger partial charge is 0.497 e. The van der Waals surface area contributed by atoms with E-state index in [4.69, 9.17) is 4.74 Å². The Morgan fingerprint density at radius 2 is 1.89 bits per heavy atom. The van der Waals surface area contributed by atoms with Gasteiger partial charge in [0.2, 0.25) is 11.8 Å². The second-order valence-corrected chi connectivity index (χ2v) is 12.1. The summed E-state index contributed by atoms with van der Waals surface area (Å²) in [6, 6.07) is 13.0. The maximum absolute atomic E-state index is 13.4. The Morgan fingerprint density at radius 1 is 1.17 bits per heavy atom. The predicted octanol–water partition coefficient (Wildman–Crippen LogP) is 4.81. The number of anilines is 1. The van der Waals surface area contributed by atoms with Crippen molar-refractivity contribution >= 4 is 60.4 Å². The molecule has 2 fully saturated rings. The Kier molecular flexibility index (Phi) is 8.18. The molecule has 186 valence electrons. The van der Waals surface area contributed by atoms with Gasteiger partial charge in [-0.05, 0) is 49.2 Å². The monoisotopic (exact) mass is 579 g/mol. The van der Waals surface area contributed by atoms with Crippen LogP contribution in [-0.2, 0) is 19.6 Å². The number of benzene rings is 2. The fraction of sp³-hybridized carbons (Fsp3) is 0.375. The molecule has 11 heteroatoms. The minimum atomic E-state index is -4.03. The highest BCUT2D eigenvalue weighted by molar-refractivity contribution is 9.10. The van der Waals surface area contributed by atoms with Crippen molar-refractivity contribution in [2.45, 2.75) is 54.7 Å². The zero-order chi connectivity index (χ0) is 25.0. The third-order valence-corrected chi connectivity index (χ3v) is 9.02. The molecule has 1 heterocycles. The lowest BCUT2D eigenvalue weighted by Crippen LogP contribution is -2.42. The molecule has 2 aliphatic rings. The van der Waals surface area contributed by atoms with Crippen molar-refractivity contribution in [2.24, 2.45) is 4.40 Å². The van der Waals surface area contributed by atoms with Gasteiger partial charge in [-0.2, -0.15) is 8.42 Å². The number of amidine groups is 1. The highest BCUT2D eigenvalue weighted by Gasteiger charge is 2.43. The summed E-state index contributed by atoms with van der Waals surface area (Å²) >= 11 is 4.34. The van der Waals surface area contributed by atoms with E-state index in [1.165, 1.54) is 24.1 Å². The van der Waals surface area contributed by atoms with Crippen LogP contribution < -0.4 is 10.1 Å². The summed E-state index contributed by atoms with van der Waals surface area (Å²) in [5, 5.41) is 2.18. The van der Waals surface area contributed by atoms with Crippen molar-refractivity contribution in [1.82, 2.24) is 4.90 Å². The van der Waals surface area contributed by atoms with Gasteiger partial charge in [0.25, 0.3) is 10.0 Å². The fourth-order valence-electron chi connectivity index (χ4n) is 4.20. The van der Waals surface area contributed by atoms with Gasteiger partial charge in [0.15, 0.2) is 5.17 Å². The molecule has 8 nitrogen and oxygen atoms in total. The molecule has 0 spiro atoms. The highest BCUT2D eigenvalue weighted by Crippen LogP contribution is 2.36. The van der Waals surface area contributed by atoms with Gasteiger partial charge in [0.1, 0.15) is 11.0 Å². The summed E-state index contributed by atoms with van der Waals surface area (Å²) < 4.78 is 36.0. The molecule has 1 aliphatic carbocycles. The second-order valence-electron chi connectivity index (χ2n) is 8.39. The summed E-state index contributed by atoms with van der Waals surface area (Å²) in [4.78, 5) is 27.7. The number of thioether (sulfide) groups is 1. The third-order valence-electron chi connectivity index (χ3n) is 5.94. The molecule has 0 unspecified atom stereocenters. The van der Waals surface area contributed by atoms with Crippen LogP contribution in [0.15, 0.2) is 62.3 Å². The van der Waals surface area contributed by atoms with E-state index in [9.17, 15) is 18.0 Å². The van der Waals surface area contributed by atoms with Crippen molar-refractivity contribution in [3.63, 3.8) is 0 Å². The topological polar surface area (TPSA) is 105 Å².